The molecular formula is C9H18N2O. The number of piperidine rings is 1. The van der Waals surface area contributed by atoms with Crippen LogP contribution in [0.1, 0.15) is 33.1 Å². The summed E-state index contributed by atoms with van der Waals surface area (Å²) in [5.41, 5.74) is 4.86. The van der Waals surface area contributed by atoms with Crippen molar-refractivity contribution in [1.82, 2.24) is 4.90 Å². The predicted molar refractivity (Wildman–Crippen MR) is 48.7 cm³/mol. The van der Waals surface area contributed by atoms with Gasteiger partial charge < -0.3 is 5.73 Å². The molecule has 1 aliphatic heterocycles. The zero-order chi connectivity index (χ0) is 9.19. The molecule has 0 radical (unpaired) electrons. The summed E-state index contributed by atoms with van der Waals surface area (Å²) in [6, 6.07) is 0. The van der Waals surface area contributed by atoms with Gasteiger partial charge in [0, 0.05) is 0 Å². The molecule has 1 rings (SSSR count). The summed E-state index contributed by atoms with van der Waals surface area (Å²) in [7, 11) is 0. The third kappa shape index (κ3) is 1.78. The van der Waals surface area contributed by atoms with Crippen LogP contribution in [-0.4, -0.2) is 29.4 Å². The summed E-state index contributed by atoms with van der Waals surface area (Å²) in [6.07, 6.45) is 3.67. The second-order valence-electron chi connectivity index (χ2n) is 3.97. The van der Waals surface area contributed by atoms with Crippen LogP contribution in [0, 0.1) is 0 Å². The van der Waals surface area contributed by atoms with E-state index in [0.717, 1.165) is 13.1 Å². The van der Waals surface area contributed by atoms with Gasteiger partial charge in [0.15, 0.2) is 0 Å². The van der Waals surface area contributed by atoms with E-state index in [0.29, 0.717) is 0 Å². The molecule has 0 bridgehead atoms. The van der Waals surface area contributed by atoms with Crippen molar-refractivity contribution in [3.05, 3.63) is 0 Å². The first-order valence-corrected chi connectivity index (χ1v) is 4.60. The fraction of sp³-hybridized carbons (Fsp3) is 0.889. The number of amides is 1. The van der Waals surface area contributed by atoms with Crippen LogP contribution in [0.15, 0.2) is 0 Å². The van der Waals surface area contributed by atoms with Crippen LogP contribution >= 0.6 is 0 Å². The molecule has 1 amide bonds. The highest BCUT2D eigenvalue weighted by Crippen LogP contribution is 2.19. The molecular weight excluding hydrogens is 152 g/mol. The SMILES string of the molecule is CC(C)(C(N)=O)N1CCCCC1. The summed E-state index contributed by atoms with van der Waals surface area (Å²) in [5.74, 6) is -0.218. The van der Waals surface area contributed by atoms with E-state index in [2.05, 4.69) is 4.90 Å². The number of carbonyl (C=O) groups is 1. The molecule has 0 aromatic rings. The second-order valence-corrected chi connectivity index (χ2v) is 3.97. The highest BCUT2D eigenvalue weighted by Gasteiger charge is 2.32. The maximum Gasteiger partial charge on any atom is 0.237 e. The Morgan fingerprint density at radius 3 is 2.17 bits per heavy atom. The molecule has 3 heteroatoms. The standard InChI is InChI=1S/C9H18N2O/c1-9(2,8(10)12)11-6-4-3-5-7-11/h3-7H2,1-2H3,(H2,10,12). The van der Waals surface area contributed by atoms with Crippen molar-refractivity contribution in [3.8, 4) is 0 Å². The first kappa shape index (κ1) is 9.52. The van der Waals surface area contributed by atoms with E-state index in [9.17, 15) is 4.79 Å². The summed E-state index contributed by atoms with van der Waals surface area (Å²) in [5, 5.41) is 0. The van der Waals surface area contributed by atoms with Crippen LogP contribution in [-0.2, 0) is 4.79 Å². The van der Waals surface area contributed by atoms with Gasteiger partial charge in [-0.05, 0) is 39.8 Å². The highest BCUT2D eigenvalue weighted by atomic mass is 16.1. The fourth-order valence-electron chi connectivity index (χ4n) is 1.61. The smallest absolute Gasteiger partial charge is 0.237 e. The topological polar surface area (TPSA) is 46.3 Å². The quantitative estimate of drug-likeness (QED) is 0.664. The molecule has 1 aliphatic rings. The number of rotatable bonds is 2. The van der Waals surface area contributed by atoms with Crippen molar-refractivity contribution in [2.75, 3.05) is 13.1 Å². The van der Waals surface area contributed by atoms with Gasteiger partial charge in [-0.25, -0.2) is 0 Å². The lowest BCUT2D eigenvalue weighted by Crippen LogP contribution is -2.54. The molecule has 0 unspecified atom stereocenters. The number of carbonyl (C=O) groups excluding carboxylic acids is 1. The van der Waals surface area contributed by atoms with Crippen LogP contribution < -0.4 is 5.73 Å². The predicted octanol–water partition coefficient (Wildman–Crippen LogP) is 0.736. The third-order valence-corrected chi connectivity index (χ3v) is 2.75. The normalized spacial score (nSPS) is 20.8. The summed E-state index contributed by atoms with van der Waals surface area (Å²) in [4.78, 5) is 13.3. The first-order chi connectivity index (χ1) is 5.55. The van der Waals surface area contributed by atoms with Gasteiger partial charge in [-0.2, -0.15) is 0 Å². The second kappa shape index (κ2) is 3.44. The summed E-state index contributed by atoms with van der Waals surface area (Å²) in [6.45, 7) is 5.83. The van der Waals surface area contributed by atoms with Gasteiger partial charge in [0.1, 0.15) is 0 Å². The lowest BCUT2D eigenvalue weighted by atomic mass is 9.98. The van der Waals surface area contributed by atoms with Crippen molar-refractivity contribution in [2.45, 2.75) is 38.6 Å². The van der Waals surface area contributed by atoms with E-state index in [-0.39, 0.29) is 5.91 Å². The van der Waals surface area contributed by atoms with E-state index >= 15 is 0 Å². The number of likely N-dealkylation sites (tertiary alicyclic amines) is 1. The monoisotopic (exact) mass is 170 g/mol. The van der Waals surface area contributed by atoms with Crippen LogP contribution in [0.2, 0.25) is 0 Å². The number of nitrogens with zero attached hydrogens (tertiary/aromatic N) is 1. The Bertz CT molecular complexity index is 171. The minimum Gasteiger partial charge on any atom is -0.368 e. The molecule has 0 atom stereocenters. The number of primary amides is 1. The van der Waals surface area contributed by atoms with Crippen molar-refractivity contribution >= 4 is 5.91 Å². The Balaban J connectivity index is 2.59. The lowest BCUT2D eigenvalue weighted by Gasteiger charge is -2.38. The Hall–Kier alpha value is -0.570. The van der Waals surface area contributed by atoms with E-state index in [4.69, 9.17) is 5.73 Å². The number of nitrogens with two attached hydrogens (primary N) is 1. The van der Waals surface area contributed by atoms with Crippen molar-refractivity contribution in [3.63, 3.8) is 0 Å². The molecule has 1 heterocycles. The molecule has 0 aliphatic carbocycles. The van der Waals surface area contributed by atoms with E-state index < -0.39 is 5.54 Å². The van der Waals surface area contributed by atoms with E-state index in [1.54, 1.807) is 0 Å². The Labute approximate surface area is 73.9 Å². The average Bonchev–Trinajstić information content (AvgIpc) is 2.06. The zero-order valence-electron chi connectivity index (χ0n) is 7.97. The van der Waals surface area contributed by atoms with E-state index in [1.807, 2.05) is 13.8 Å². The van der Waals surface area contributed by atoms with Crippen LogP contribution in [0.5, 0.6) is 0 Å². The molecule has 3 nitrogen and oxygen atoms in total. The molecule has 2 N–H and O–H groups in total. The highest BCUT2D eigenvalue weighted by molar-refractivity contribution is 5.83. The largest absolute Gasteiger partial charge is 0.368 e. The Morgan fingerprint density at radius 2 is 1.75 bits per heavy atom. The third-order valence-electron chi connectivity index (χ3n) is 2.75. The summed E-state index contributed by atoms with van der Waals surface area (Å²) >= 11 is 0. The van der Waals surface area contributed by atoms with Crippen molar-refractivity contribution in [2.24, 2.45) is 5.73 Å². The summed E-state index contributed by atoms with van der Waals surface area (Å²) < 4.78 is 0. The minimum absolute atomic E-state index is 0.218. The Kier molecular flexibility index (Phi) is 2.73. The van der Waals surface area contributed by atoms with Gasteiger partial charge >= 0.3 is 0 Å². The molecule has 1 saturated heterocycles. The molecule has 70 valence electrons. The van der Waals surface area contributed by atoms with Gasteiger partial charge in [0.25, 0.3) is 0 Å². The molecule has 0 saturated carbocycles. The van der Waals surface area contributed by atoms with Crippen LogP contribution in [0.25, 0.3) is 0 Å². The van der Waals surface area contributed by atoms with Gasteiger partial charge in [0.05, 0.1) is 5.54 Å². The van der Waals surface area contributed by atoms with Crippen LogP contribution in [0.4, 0.5) is 0 Å². The lowest BCUT2D eigenvalue weighted by molar-refractivity contribution is -0.128. The van der Waals surface area contributed by atoms with E-state index in [1.165, 1.54) is 19.3 Å². The molecule has 0 spiro atoms. The van der Waals surface area contributed by atoms with Crippen molar-refractivity contribution in [1.29, 1.82) is 0 Å². The van der Waals surface area contributed by atoms with Crippen molar-refractivity contribution < 1.29 is 4.79 Å². The average molecular weight is 170 g/mol. The van der Waals surface area contributed by atoms with Crippen LogP contribution in [0.3, 0.4) is 0 Å². The maximum absolute atomic E-state index is 11.1. The van der Waals surface area contributed by atoms with Gasteiger partial charge in [-0.3, -0.25) is 9.69 Å². The minimum atomic E-state index is -0.458. The Morgan fingerprint density at radius 1 is 1.25 bits per heavy atom. The number of hydrogen-bond donors (Lipinski definition) is 1. The molecule has 1 fully saturated rings. The first-order valence-electron chi connectivity index (χ1n) is 4.60. The number of hydrogen-bond acceptors (Lipinski definition) is 2. The molecule has 0 aromatic heterocycles. The zero-order valence-corrected chi connectivity index (χ0v) is 7.97. The van der Waals surface area contributed by atoms with Gasteiger partial charge in [-0.15, -0.1) is 0 Å². The molecule has 0 aromatic carbocycles. The fourth-order valence-corrected chi connectivity index (χ4v) is 1.61. The maximum atomic E-state index is 11.1. The van der Waals surface area contributed by atoms with Gasteiger partial charge in [0.2, 0.25) is 5.91 Å². The van der Waals surface area contributed by atoms with Gasteiger partial charge in [-0.1, -0.05) is 6.42 Å². The molecule has 12 heavy (non-hydrogen) atoms.